The number of aromatic hydroxyl groups is 1. The minimum Gasteiger partial charge on any atom is -0.507 e. The van der Waals surface area contributed by atoms with Crippen molar-refractivity contribution in [3.8, 4) is 5.75 Å². The summed E-state index contributed by atoms with van der Waals surface area (Å²) in [5.41, 5.74) is 3.09. The number of hydrogen-bond donors (Lipinski definition) is 1. The lowest BCUT2D eigenvalue weighted by Gasteiger charge is -2.33. The highest BCUT2D eigenvalue weighted by molar-refractivity contribution is 8.22. The molecule has 0 saturated carbocycles. The number of nitrogens with zero attached hydrogens (tertiary/aromatic N) is 2. The van der Waals surface area contributed by atoms with Crippen molar-refractivity contribution in [1.82, 2.24) is 9.80 Å². The molecule has 0 aromatic heterocycles. The number of thiocarbonyl (C=S) groups is 1. The van der Waals surface area contributed by atoms with Crippen LogP contribution in [-0.2, 0) is 16.6 Å². The Balaban J connectivity index is 2.19. The fraction of sp³-hybridized carbons (Fsp3) is 0.667. The van der Waals surface area contributed by atoms with E-state index in [1.165, 1.54) is 5.56 Å². The van der Waals surface area contributed by atoms with Crippen LogP contribution >= 0.6 is 24.0 Å². The predicted molar refractivity (Wildman–Crippen MR) is 118 cm³/mol. The van der Waals surface area contributed by atoms with E-state index in [1.54, 1.807) is 11.8 Å². The number of piperazine rings is 1. The van der Waals surface area contributed by atoms with E-state index in [1.807, 2.05) is 0 Å². The summed E-state index contributed by atoms with van der Waals surface area (Å²) in [6.07, 6.45) is 0. The molecule has 1 aromatic carbocycles. The lowest BCUT2D eigenvalue weighted by molar-refractivity contribution is 0.220. The van der Waals surface area contributed by atoms with E-state index in [2.05, 4.69) is 70.5 Å². The van der Waals surface area contributed by atoms with Crippen LogP contribution < -0.4 is 0 Å². The van der Waals surface area contributed by atoms with Crippen molar-refractivity contribution < 1.29 is 5.11 Å². The van der Waals surface area contributed by atoms with Gasteiger partial charge in [-0.3, -0.25) is 0 Å². The van der Waals surface area contributed by atoms with Gasteiger partial charge in [-0.05, 0) is 34.6 Å². The molecular formula is C21H34N2OS2. The van der Waals surface area contributed by atoms with E-state index in [0.717, 1.165) is 47.4 Å². The third kappa shape index (κ3) is 5.37. The molecule has 1 heterocycles. The maximum absolute atomic E-state index is 10.8. The summed E-state index contributed by atoms with van der Waals surface area (Å²) in [6, 6.07) is 4.31. The first-order valence-electron chi connectivity index (χ1n) is 9.36. The molecule has 0 unspecified atom stereocenters. The normalized spacial score (nSPS) is 16.8. The Morgan fingerprint density at radius 3 is 1.88 bits per heavy atom. The van der Waals surface area contributed by atoms with Crippen LogP contribution in [0.25, 0.3) is 0 Å². The Labute approximate surface area is 169 Å². The molecule has 0 atom stereocenters. The monoisotopic (exact) mass is 394 g/mol. The molecule has 26 heavy (non-hydrogen) atoms. The van der Waals surface area contributed by atoms with Gasteiger partial charge in [0.25, 0.3) is 0 Å². The van der Waals surface area contributed by atoms with E-state index < -0.39 is 0 Å². The van der Waals surface area contributed by atoms with Crippen molar-refractivity contribution in [2.24, 2.45) is 0 Å². The summed E-state index contributed by atoms with van der Waals surface area (Å²) in [6.45, 7) is 17.1. The zero-order valence-corrected chi connectivity index (χ0v) is 19.0. The molecule has 146 valence electrons. The standard InChI is InChI=1S/C21H34N2OS2/c1-20(2,3)16-12-15(13-17(18(16)24)21(4,5)6)14-26-19(25)23-10-8-22(7)9-11-23/h12-13,24H,8-11,14H2,1-7H3. The van der Waals surface area contributed by atoms with Crippen LogP contribution in [0.15, 0.2) is 12.1 Å². The van der Waals surface area contributed by atoms with Crippen molar-refractivity contribution in [2.75, 3.05) is 33.2 Å². The first kappa shape index (κ1) is 21.5. The second-order valence-electron chi connectivity index (χ2n) is 9.38. The van der Waals surface area contributed by atoms with E-state index in [9.17, 15) is 5.11 Å². The van der Waals surface area contributed by atoms with E-state index in [4.69, 9.17) is 12.2 Å². The molecule has 1 N–H and O–H groups in total. The van der Waals surface area contributed by atoms with Crippen molar-refractivity contribution in [3.05, 3.63) is 28.8 Å². The van der Waals surface area contributed by atoms with E-state index in [-0.39, 0.29) is 10.8 Å². The van der Waals surface area contributed by atoms with Gasteiger partial charge in [0.1, 0.15) is 10.1 Å². The molecule has 0 amide bonds. The van der Waals surface area contributed by atoms with Gasteiger partial charge in [-0.2, -0.15) is 0 Å². The van der Waals surface area contributed by atoms with Crippen LogP contribution in [0, 0.1) is 0 Å². The fourth-order valence-corrected chi connectivity index (χ4v) is 4.33. The minimum absolute atomic E-state index is 0.0945. The highest BCUT2D eigenvalue weighted by Gasteiger charge is 2.26. The Morgan fingerprint density at radius 2 is 1.46 bits per heavy atom. The molecule has 0 radical (unpaired) electrons. The van der Waals surface area contributed by atoms with Gasteiger partial charge < -0.3 is 14.9 Å². The lowest BCUT2D eigenvalue weighted by Crippen LogP contribution is -2.45. The van der Waals surface area contributed by atoms with Gasteiger partial charge in [0.15, 0.2) is 0 Å². The molecule has 2 rings (SSSR count). The summed E-state index contributed by atoms with van der Waals surface area (Å²) in [4.78, 5) is 4.66. The molecule has 1 aliphatic heterocycles. The second-order valence-corrected chi connectivity index (χ2v) is 11.0. The van der Waals surface area contributed by atoms with Crippen LogP contribution in [0.2, 0.25) is 0 Å². The van der Waals surface area contributed by atoms with Gasteiger partial charge in [-0.25, -0.2) is 0 Å². The predicted octanol–water partition coefficient (Wildman–Crippen LogP) is 4.75. The molecule has 5 heteroatoms. The van der Waals surface area contributed by atoms with Gasteiger partial charge in [0, 0.05) is 31.9 Å². The Kier molecular flexibility index (Phi) is 6.68. The average molecular weight is 395 g/mol. The molecule has 3 nitrogen and oxygen atoms in total. The van der Waals surface area contributed by atoms with E-state index >= 15 is 0 Å². The molecular weight excluding hydrogens is 360 g/mol. The maximum atomic E-state index is 10.8. The van der Waals surface area contributed by atoms with Crippen LogP contribution in [-0.4, -0.2) is 52.5 Å². The SMILES string of the molecule is CN1CCN(C(=S)SCc2cc(C(C)(C)C)c(O)c(C(C)(C)C)c2)CC1. The fourth-order valence-electron chi connectivity index (χ4n) is 3.15. The topological polar surface area (TPSA) is 26.7 Å². The summed E-state index contributed by atoms with van der Waals surface area (Å²) in [7, 11) is 2.16. The summed E-state index contributed by atoms with van der Waals surface area (Å²) >= 11 is 7.41. The number of likely N-dealkylation sites (N-methyl/N-ethyl adjacent to an activating group) is 1. The van der Waals surface area contributed by atoms with Crippen LogP contribution in [0.3, 0.4) is 0 Å². The highest BCUT2D eigenvalue weighted by atomic mass is 32.2. The first-order chi connectivity index (χ1) is 11.9. The maximum Gasteiger partial charge on any atom is 0.136 e. The molecule has 1 aromatic rings. The average Bonchev–Trinajstić information content (AvgIpc) is 2.52. The van der Waals surface area contributed by atoms with Crippen molar-refractivity contribution in [1.29, 1.82) is 0 Å². The van der Waals surface area contributed by atoms with Crippen molar-refractivity contribution >= 4 is 28.3 Å². The minimum atomic E-state index is -0.0945. The third-order valence-electron chi connectivity index (χ3n) is 4.91. The summed E-state index contributed by atoms with van der Waals surface area (Å²) < 4.78 is 0.987. The number of thioether (sulfide) groups is 1. The highest BCUT2D eigenvalue weighted by Crippen LogP contribution is 2.40. The summed E-state index contributed by atoms with van der Waals surface area (Å²) in [5.74, 6) is 1.29. The zero-order valence-electron chi connectivity index (χ0n) is 17.3. The van der Waals surface area contributed by atoms with Gasteiger partial charge in [0.2, 0.25) is 0 Å². The van der Waals surface area contributed by atoms with Gasteiger partial charge in [-0.1, -0.05) is 77.7 Å². The lowest BCUT2D eigenvalue weighted by atomic mass is 9.78. The molecule has 0 aliphatic carbocycles. The molecule has 1 saturated heterocycles. The van der Waals surface area contributed by atoms with Gasteiger partial charge in [-0.15, -0.1) is 0 Å². The number of benzene rings is 1. The Hall–Kier alpha value is -0.780. The molecule has 1 aliphatic rings. The Morgan fingerprint density at radius 1 is 1.00 bits per heavy atom. The summed E-state index contributed by atoms with van der Waals surface area (Å²) in [5, 5.41) is 10.8. The first-order valence-corrected chi connectivity index (χ1v) is 10.8. The Bertz CT molecular complexity index is 616. The molecule has 1 fully saturated rings. The molecule has 0 spiro atoms. The number of rotatable bonds is 2. The number of phenols is 1. The van der Waals surface area contributed by atoms with Crippen LogP contribution in [0.4, 0.5) is 0 Å². The van der Waals surface area contributed by atoms with Gasteiger partial charge >= 0.3 is 0 Å². The van der Waals surface area contributed by atoms with Crippen LogP contribution in [0.5, 0.6) is 5.75 Å². The molecule has 0 bridgehead atoms. The van der Waals surface area contributed by atoms with E-state index in [0.29, 0.717) is 5.75 Å². The third-order valence-corrected chi connectivity index (χ3v) is 6.50. The largest absolute Gasteiger partial charge is 0.507 e. The number of hydrogen-bond acceptors (Lipinski definition) is 4. The van der Waals surface area contributed by atoms with Crippen molar-refractivity contribution in [2.45, 2.75) is 58.1 Å². The number of phenolic OH excluding ortho intramolecular Hbond substituents is 1. The second kappa shape index (κ2) is 8.07. The van der Waals surface area contributed by atoms with Gasteiger partial charge in [0.05, 0.1) is 0 Å². The quantitative estimate of drug-likeness (QED) is 0.730. The zero-order chi connectivity index (χ0) is 19.7. The smallest absolute Gasteiger partial charge is 0.136 e. The van der Waals surface area contributed by atoms with Crippen molar-refractivity contribution in [3.63, 3.8) is 0 Å². The van der Waals surface area contributed by atoms with Crippen LogP contribution in [0.1, 0.15) is 58.2 Å².